The lowest BCUT2D eigenvalue weighted by atomic mass is 10.1. The van der Waals surface area contributed by atoms with E-state index < -0.39 is 0 Å². The number of likely N-dealkylation sites (N-methyl/N-ethyl adjacent to an activating group) is 1. The number of nitrogens with zero attached hydrogens (tertiary/aromatic N) is 6. The zero-order valence-electron chi connectivity index (χ0n) is 34.1. The molecule has 2 aliphatic rings. The first kappa shape index (κ1) is 42.8. The zero-order chi connectivity index (χ0) is 39.2. The number of pyridine rings is 3. The van der Waals surface area contributed by atoms with Crippen LogP contribution in [0.5, 0.6) is 0 Å². The van der Waals surface area contributed by atoms with Crippen molar-refractivity contribution in [3.05, 3.63) is 69.1 Å². The average molecular weight is 730 g/mol. The monoisotopic (exact) mass is 730 g/mol. The fourth-order valence-electron chi connectivity index (χ4n) is 6.26. The standard InChI is InChI=1S/C15H23N3O.C14H21N3O.C12H19N3O/c1-11-9-14(12(2)13(3)16-11)17-15(19)10-18-7-5-4-6-8-18;1-10-8-13(11(2)12(3)16-10)15-9-14(18)17-6-4-5-7-17;1-8-6-11(9(2)10(3)14-8)13-7-12(16)15(4)5/h9H,4-8,10H2,1-3H3,(H,16,17,19);8H,4-7,9H2,1-3H3,(H,15,16);6H,7H2,1-5H3,(H,13,14). The van der Waals surface area contributed by atoms with Crippen LogP contribution in [-0.2, 0) is 14.4 Å². The van der Waals surface area contributed by atoms with Gasteiger partial charge in [-0.2, -0.15) is 0 Å². The summed E-state index contributed by atoms with van der Waals surface area (Å²) in [6, 6.07) is 5.90. The highest BCUT2D eigenvalue weighted by Gasteiger charge is 2.18. The molecule has 0 radical (unpaired) electrons. The Morgan fingerprint density at radius 1 is 0.604 bits per heavy atom. The minimum absolute atomic E-state index is 0.0616. The number of anilines is 3. The van der Waals surface area contributed by atoms with Crippen molar-refractivity contribution in [1.29, 1.82) is 0 Å². The molecule has 0 unspecified atom stereocenters. The first-order chi connectivity index (χ1) is 25.0. The van der Waals surface area contributed by atoms with Gasteiger partial charge in [-0.3, -0.25) is 34.2 Å². The Kier molecular flexibility index (Phi) is 16.7. The third kappa shape index (κ3) is 13.7. The fraction of sp³-hybridized carbons (Fsp3) is 0.561. The third-order valence-electron chi connectivity index (χ3n) is 9.84. The zero-order valence-corrected chi connectivity index (χ0v) is 34.1. The van der Waals surface area contributed by atoms with E-state index in [1.54, 1.807) is 19.0 Å². The molecule has 0 atom stereocenters. The highest BCUT2D eigenvalue weighted by molar-refractivity contribution is 5.93. The van der Waals surface area contributed by atoms with Crippen LogP contribution in [0.3, 0.4) is 0 Å². The van der Waals surface area contributed by atoms with Crippen molar-refractivity contribution in [1.82, 2.24) is 29.7 Å². The fourth-order valence-corrected chi connectivity index (χ4v) is 6.26. The molecular weight excluding hydrogens is 667 g/mol. The number of piperidine rings is 1. The van der Waals surface area contributed by atoms with E-state index in [-0.39, 0.29) is 17.7 Å². The summed E-state index contributed by atoms with van der Waals surface area (Å²) in [6.45, 7) is 23.0. The molecule has 2 saturated heterocycles. The molecule has 53 heavy (non-hydrogen) atoms. The third-order valence-corrected chi connectivity index (χ3v) is 9.84. The van der Waals surface area contributed by atoms with Crippen molar-refractivity contribution >= 4 is 34.8 Å². The number of aryl methyl sites for hydroxylation is 6. The first-order valence-corrected chi connectivity index (χ1v) is 18.9. The summed E-state index contributed by atoms with van der Waals surface area (Å²) >= 11 is 0. The normalized spacial score (nSPS) is 14.0. The Labute approximate surface area is 317 Å². The van der Waals surface area contributed by atoms with Gasteiger partial charge in [0.15, 0.2) is 0 Å². The largest absolute Gasteiger partial charge is 0.376 e. The summed E-state index contributed by atoms with van der Waals surface area (Å²) in [5.41, 5.74) is 12.1. The Morgan fingerprint density at radius 3 is 1.49 bits per heavy atom. The topological polar surface area (TPSA) is 136 Å². The van der Waals surface area contributed by atoms with Crippen LogP contribution < -0.4 is 16.0 Å². The van der Waals surface area contributed by atoms with Crippen LogP contribution in [0, 0.1) is 62.3 Å². The summed E-state index contributed by atoms with van der Waals surface area (Å²) < 4.78 is 0. The molecule has 0 aliphatic carbocycles. The maximum atomic E-state index is 12.1. The molecular formula is C41H63N9O3. The van der Waals surface area contributed by atoms with E-state index in [0.717, 1.165) is 107 Å². The Morgan fingerprint density at radius 2 is 1.02 bits per heavy atom. The number of rotatable bonds is 9. The lowest BCUT2D eigenvalue weighted by Crippen LogP contribution is -2.37. The smallest absolute Gasteiger partial charge is 0.241 e. The van der Waals surface area contributed by atoms with Gasteiger partial charge in [0.05, 0.1) is 19.6 Å². The van der Waals surface area contributed by atoms with Gasteiger partial charge in [-0.15, -0.1) is 0 Å². The lowest BCUT2D eigenvalue weighted by molar-refractivity contribution is -0.128. The minimum Gasteiger partial charge on any atom is -0.376 e. The van der Waals surface area contributed by atoms with E-state index >= 15 is 0 Å². The van der Waals surface area contributed by atoms with Crippen molar-refractivity contribution < 1.29 is 14.4 Å². The highest BCUT2D eigenvalue weighted by Crippen LogP contribution is 2.20. The van der Waals surface area contributed by atoms with Crippen molar-refractivity contribution in [2.24, 2.45) is 0 Å². The molecule has 3 aromatic heterocycles. The number of likely N-dealkylation sites (tertiary alicyclic amines) is 2. The predicted molar refractivity (Wildman–Crippen MR) is 216 cm³/mol. The first-order valence-electron chi connectivity index (χ1n) is 18.9. The van der Waals surface area contributed by atoms with E-state index in [1.165, 1.54) is 19.3 Å². The minimum atomic E-state index is 0.0616. The molecule has 2 aliphatic heterocycles. The highest BCUT2D eigenvalue weighted by atomic mass is 16.2. The second-order valence-corrected chi connectivity index (χ2v) is 14.5. The molecule has 12 heteroatoms. The Hall–Kier alpha value is -4.58. The number of carbonyl (C=O) groups excluding carboxylic acids is 3. The number of amides is 3. The second kappa shape index (κ2) is 20.6. The summed E-state index contributed by atoms with van der Waals surface area (Å²) in [7, 11) is 3.50. The number of aromatic nitrogens is 3. The van der Waals surface area contributed by atoms with E-state index in [4.69, 9.17) is 0 Å². The van der Waals surface area contributed by atoms with Gasteiger partial charge in [-0.25, -0.2) is 0 Å². The van der Waals surface area contributed by atoms with Crippen LogP contribution in [0.25, 0.3) is 0 Å². The molecule has 5 rings (SSSR count). The van der Waals surface area contributed by atoms with Crippen LogP contribution in [0.4, 0.5) is 17.1 Å². The maximum Gasteiger partial charge on any atom is 0.241 e. The molecule has 2 fully saturated rings. The Bertz CT molecular complexity index is 1710. The summed E-state index contributed by atoms with van der Waals surface area (Å²) in [5, 5.41) is 9.40. The van der Waals surface area contributed by atoms with Crippen LogP contribution in [0.2, 0.25) is 0 Å². The van der Waals surface area contributed by atoms with Crippen LogP contribution in [0.15, 0.2) is 18.2 Å². The summed E-state index contributed by atoms with van der Waals surface area (Å²) in [6.07, 6.45) is 5.98. The number of hydrogen-bond acceptors (Lipinski definition) is 9. The van der Waals surface area contributed by atoms with Gasteiger partial charge < -0.3 is 25.8 Å². The Balaban J connectivity index is 0.000000215. The molecule has 5 heterocycles. The maximum absolute atomic E-state index is 12.1. The molecule has 3 amide bonds. The van der Waals surface area contributed by atoms with Gasteiger partial charge in [0, 0.05) is 78.4 Å². The quantitative estimate of drug-likeness (QED) is 0.243. The van der Waals surface area contributed by atoms with Gasteiger partial charge >= 0.3 is 0 Å². The van der Waals surface area contributed by atoms with Crippen LogP contribution >= 0.6 is 0 Å². The molecule has 0 saturated carbocycles. The SMILES string of the molecule is Cc1cc(NC(=O)CN2CCCCC2)c(C)c(C)n1.Cc1cc(NCC(=O)N(C)C)c(C)c(C)n1.Cc1cc(NCC(=O)N2CCCC2)c(C)c(C)n1. The van der Waals surface area contributed by atoms with Gasteiger partial charge in [0.25, 0.3) is 0 Å². The number of carbonyl (C=O) groups is 3. The van der Waals surface area contributed by atoms with Gasteiger partial charge in [-0.1, -0.05) is 6.42 Å². The lowest BCUT2D eigenvalue weighted by Gasteiger charge is -2.25. The van der Waals surface area contributed by atoms with Gasteiger partial charge in [0.2, 0.25) is 17.7 Å². The molecule has 3 aromatic rings. The molecule has 12 nitrogen and oxygen atoms in total. The molecule has 0 aromatic carbocycles. The summed E-state index contributed by atoms with van der Waals surface area (Å²) in [5.74, 6) is 0.334. The van der Waals surface area contributed by atoms with Gasteiger partial charge in [0.1, 0.15) is 0 Å². The van der Waals surface area contributed by atoms with Crippen LogP contribution in [0.1, 0.15) is 83.0 Å². The molecule has 290 valence electrons. The van der Waals surface area contributed by atoms with E-state index in [1.807, 2.05) is 85.4 Å². The van der Waals surface area contributed by atoms with E-state index in [9.17, 15) is 14.4 Å². The van der Waals surface area contributed by atoms with Crippen LogP contribution in [-0.4, -0.2) is 107 Å². The number of nitrogens with one attached hydrogen (secondary N) is 3. The van der Waals surface area contributed by atoms with E-state index in [0.29, 0.717) is 19.6 Å². The average Bonchev–Trinajstić information content (AvgIpc) is 3.65. The van der Waals surface area contributed by atoms with Gasteiger partial charge in [-0.05, 0) is 136 Å². The predicted octanol–water partition coefficient (Wildman–Crippen LogP) is 5.98. The van der Waals surface area contributed by atoms with E-state index in [2.05, 4.69) is 35.8 Å². The molecule has 0 bridgehead atoms. The number of hydrogen-bond donors (Lipinski definition) is 3. The van der Waals surface area contributed by atoms with Crippen molar-refractivity contribution in [2.75, 3.05) is 75.9 Å². The van der Waals surface area contributed by atoms with Crippen molar-refractivity contribution in [3.8, 4) is 0 Å². The molecule has 0 spiro atoms. The second-order valence-electron chi connectivity index (χ2n) is 14.5. The summed E-state index contributed by atoms with van der Waals surface area (Å²) in [4.78, 5) is 54.4. The molecule has 3 N–H and O–H groups in total. The van der Waals surface area contributed by atoms with Crippen molar-refractivity contribution in [2.45, 2.75) is 94.4 Å². The van der Waals surface area contributed by atoms with Crippen molar-refractivity contribution in [3.63, 3.8) is 0 Å².